The smallest absolute Gasteiger partial charge is 0.286 e. The molecule has 1 atom stereocenters. The van der Waals surface area contributed by atoms with Gasteiger partial charge in [0.2, 0.25) is 10.9 Å². The molecule has 2 amide bonds. The minimum absolute atomic E-state index is 0.0255. The van der Waals surface area contributed by atoms with Gasteiger partial charge >= 0.3 is 0 Å². The first-order valence-electron chi connectivity index (χ1n) is 8.88. The molecule has 2 aromatic rings. The Balaban J connectivity index is 1.39. The van der Waals surface area contributed by atoms with Crippen LogP contribution < -0.4 is 15.4 Å². The minimum Gasteiger partial charge on any atom is -0.497 e. The summed E-state index contributed by atoms with van der Waals surface area (Å²) in [6.07, 6.45) is 2.20. The Labute approximate surface area is 171 Å². The number of hydrogen-bond donors (Lipinski definition) is 2. The van der Waals surface area contributed by atoms with Gasteiger partial charge in [-0.15, -0.1) is 22.0 Å². The number of aromatic nitrogens is 2. The van der Waals surface area contributed by atoms with Crippen LogP contribution in [0.3, 0.4) is 0 Å². The van der Waals surface area contributed by atoms with Crippen LogP contribution in [0.1, 0.15) is 27.7 Å². The highest BCUT2D eigenvalue weighted by atomic mass is 32.2. The van der Waals surface area contributed by atoms with Gasteiger partial charge in [0.1, 0.15) is 10.8 Å². The number of amides is 2. The molecule has 1 saturated heterocycles. The quantitative estimate of drug-likeness (QED) is 0.639. The lowest BCUT2D eigenvalue weighted by Crippen LogP contribution is -2.32. The molecule has 2 N–H and O–H groups in total. The number of carbonyl (C=O) groups excluding carboxylic acids is 2. The molecule has 0 unspecified atom stereocenters. The summed E-state index contributed by atoms with van der Waals surface area (Å²) in [5.74, 6) is 1.24. The average Bonchev–Trinajstić information content (AvgIpc) is 3.39. The van der Waals surface area contributed by atoms with E-state index in [2.05, 4.69) is 20.8 Å². The lowest BCUT2D eigenvalue weighted by molar-refractivity contribution is -0.119. The van der Waals surface area contributed by atoms with E-state index in [4.69, 9.17) is 9.47 Å². The highest BCUT2D eigenvalue weighted by molar-refractivity contribution is 7.99. The van der Waals surface area contributed by atoms with Crippen LogP contribution in [0.2, 0.25) is 0 Å². The number of anilines is 1. The van der Waals surface area contributed by atoms with Crippen LogP contribution in [0, 0.1) is 0 Å². The van der Waals surface area contributed by atoms with Crippen LogP contribution in [-0.4, -0.2) is 54.1 Å². The number of thioether (sulfide) groups is 1. The molecule has 28 heavy (non-hydrogen) atoms. The Bertz CT molecular complexity index is 791. The molecular formula is C18H22N4O4S2. The monoisotopic (exact) mass is 422 g/mol. The van der Waals surface area contributed by atoms with Crippen molar-refractivity contribution >= 4 is 40.6 Å². The average molecular weight is 423 g/mol. The molecule has 1 fully saturated rings. The molecule has 2 heterocycles. The fraction of sp³-hybridized carbons (Fsp3) is 0.444. The lowest BCUT2D eigenvalue weighted by atomic mass is 10.2. The van der Waals surface area contributed by atoms with Gasteiger partial charge in [0.15, 0.2) is 0 Å². The molecule has 0 radical (unpaired) electrons. The van der Waals surface area contributed by atoms with Crippen LogP contribution in [0.4, 0.5) is 5.69 Å². The van der Waals surface area contributed by atoms with Crippen molar-refractivity contribution in [3.63, 3.8) is 0 Å². The zero-order chi connectivity index (χ0) is 19.8. The Morgan fingerprint density at radius 3 is 2.86 bits per heavy atom. The van der Waals surface area contributed by atoms with Gasteiger partial charge in [0, 0.05) is 24.6 Å². The SMILES string of the molecule is COc1ccc(NC(=O)c2nnc(CSCC(=O)NC[C@@H]3CCCO3)s2)cc1. The fourth-order valence-electron chi connectivity index (χ4n) is 2.58. The number of carbonyl (C=O) groups is 2. The van der Waals surface area contributed by atoms with Crippen molar-refractivity contribution in [1.29, 1.82) is 0 Å². The van der Waals surface area contributed by atoms with Crippen LogP contribution in [0.5, 0.6) is 5.75 Å². The number of nitrogens with zero attached hydrogens (tertiary/aromatic N) is 2. The summed E-state index contributed by atoms with van der Waals surface area (Å²) in [6, 6.07) is 7.04. The van der Waals surface area contributed by atoms with Crippen molar-refractivity contribution in [2.75, 3.05) is 31.3 Å². The first-order valence-corrected chi connectivity index (χ1v) is 10.8. The Kier molecular flexibility index (Phi) is 7.63. The molecular weight excluding hydrogens is 400 g/mol. The van der Waals surface area contributed by atoms with Crippen LogP contribution in [0.15, 0.2) is 24.3 Å². The largest absolute Gasteiger partial charge is 0.497 e. The van der Waals surface area contributed by atoms with E-state index >= 15 is 0 Å². The molecule has 0 spiro atoms. The first kappa shape index (κ1) is 20.6. The predicted octanol–water partition coefficient (Wildman–Crippen LogP) is 2.33. The molecule has 1 aliphatic rings. The number of rotatable bonds is 9. The molecule has 0 bridgehead atoms. The number of benzene rings is 1. The van der Waals surface area contributed by atoms with Gasteiger partial charge in [0.05, 0.1) is 19.0 Å². The summed E-state index contributed by atoms with van der Waals surface area (Å²) in [5, 5.41) is 14.6. The lowest BCUT2D eigenvalue weighted by Gasteiger charge is -2.10. The third kappa shape index (κ3) is 6.18. The van der Waals surface area contributed by atoms with Gasteiger partial charge < -0.3 is 20.1 Å². The van der Waals surface area contributed by atoms with Crippen molar-refractivity contribution in [3.05, 3.63) is 34.3 Å². The zero-order valence-corrected chi connectivity index (χ0v) is 17.1. The maximum atomic E-state index is 12.3. The molecule has 150 valence electrons. The van der Waals surface area contributed by atoms with E-state index in [0.717, 1.165) is 19.4 Å². The van der Waals surface area contributed by atoms with E-state index in [9.17, 15) is 9.59 Å². The molecule has 1 aromatic heterocycles. The van der Waals surface area contributed by atoms with E-state index in [1.54, 1.807) is 31.4 Å². The fourth-order valence-corrected chi connectivity index (χ4v) is 4.22. The molecule has 1 aliphatic heterocycles. The minimum atomic E-state index is -0.312. The first-order chi connectivity index (χ1) is 13.6. The summed E-state index contributed by atoms with van der Waals surface area (Å²) in [7, 11) is 1.59. The maximum absolute atomic E-state index is 12.3. The topological polar surface area (TPSA) is 102 Å². The van der Waals surface area contributed by atoms with Gasteiger partial charge in [0.25, 0.3) is 5.91 Å². The summed E-state index contributed by atoms with van der Waals surface area (Å²) in [4.78, 5) is 24.1. The zero-order valence-electron chi connectivity index (χ0n) is 15.5. The van der Waals surface area contributed by atoms with Crippen molar-refractivity contribution in [1.82, 2.24) is 15.5 Å². The van der Waals surface area contributed by atoms with E-state index in [1.165, 1.54) is 23.1 Å². The van der Waals surface area contributed by atoms with Gasteiger partial charge in [-0.05, 0) is 37.1 Å². The summed E-state index contributed by atoms with van der Waals surface area (Å²) in [6.45, 7) is 1.34. The second kappa shape index (κ2) is 10.4. The van der Waals surface area contributed by atoms with Crippen molar-refractivity contribution in [3.8, 4) is 5.75 Å². The normalized spacial score (nSPS) is 16.0. The summed E-state index contributed by atoms with van der Waals surface area (Å²) < 4.78 is 10.6. The van der Waals surface area contributed by atoms with E-state index < -0.39 is 0 Å². The van der Waals surface area contributed by atoms with Crippen LogP contribution in [0.25, 0.3) is 0 Å². The Morgan fingerprint density at radius 2 is 2.14 bits per heavy atom. The van der Waals surface area contributed by atoms with Crippen molar-refractivity contribution < 1.29 is 19.1 Å². The van der Waals surface area contributed by atoms with E-state index in [1.807, 2.05) is 0 Å². The molecule has 0 aliphatic carbocycles. The summed E-state index contributed by atoms with van der Waals surface area (Å²) >= 11 is 2.66. The van der Waals surface area contributed by atoms with Gasteiger partial charge in [-0.1, -0.05) is 11.3 Å². The molecule has 0 saturated carbocycles. The number of nitrogens with one attached hydrogen (secondary N) is 2. The van der Waals surface area contributed by atoms with Gasteiger partial charge in [-0.2, -0.15) is 0 Å². The van der Waals surface area contributed by atoms with Crippen molar-refractivity contribution in [2.45, 2.75) is 24.7 Å². The number of ether oxygens (including phenoxy) is 2. The Hall–Kier alpha value is -2.17. The summed E-state index contributed by atoms with van der Waals surface area (Å²) in [5.41, 5.74) is 0.653. The van der Waals surface area contributed by atoms with Gasteiger partial charge in [-0.25, -0.2) is 0 Å². The third-order valence-corrected chi connectivity index (χ3v) is 6.07. The molecule has 3 rings (SSSR count). The van der Waals surface area contributed by atoms with Crippen molar-refractivity contribution in [2.24, 2.45) is 0 Å². The van der Waals surface area contributed by atoms with E-state index in [-0.39, 0.29) is 22.9 Å². The highest BCUT2D eigenvalue weighted by Gasteiger charge is 2.17. The number of hydrogen-bond acceptors (Lipinski definition) is 8. The maximum Gasteiger partial charge on any atom is 0.286 e. The van der Waals surface area contributed by atoms with Crippen LogP contribution >= 0.6 is 23.1 Å². The Morgan fingerprint density at radius 1 is 1.32 bits per heavy atom. The third-order valence-electron chi connectivity index (χ3n) is 4.02. The highest BCUT2D eigenvalue weighted by Crippen LogP contribution is 2.19. The molecule has 1 aromatic carbocycles. The predicted molar refractivity (Wildman–Crippen MR) is 109 cm³/mol. The second-order valence-electron chi connectivity index (χ2n) is 6.12. The molecule has 8 nitrogen and oxygen atoms in total. The second-order valence-corrected chi connectivity index (χ2v) is 8.16. The molecule has 10 heteroatoms. The van der Waals surface area contributed by atoms with E-state index in [0.29, 0.717) is 34.5 Å². The number of methoxy groups -OCH3 is 1. The standard InChI is InChI=1S/C18H22N4O4S2/c1-25-13-6-4-12(5-7-13)20-17(24)18-22-21-16(28-18)11-27-10-15(23)19-9-14-3-2-8-26-14/h4-7,14H,2-3,8-11H2,1H3,(H,19,23)(H,20,24)/t14-/m0/s1. The van der Waals surface area contributed by atoms with Gasteiger partial charge in [-0.3, -0.25) is 9.59 Å². The van der Waals surface area contributed by atoms with Crippen LogP contribution in [-0.2, 0) is 15.3 Å².